The highest BCUT2D eigenvalue weighted by molar-refractivity contribution is 5.49. The molecule has 1 aliphatic rings. The lowest BCUT2D eigenvalue weighted by molar-refractivity contribution is 0.241. The third-order valence-electron chi connectivity index (χ3n) is 2.82. The molecular formula is C15H21N3O. The van der Waals surface area contributed by atoms with Gasteiger partial charge in [0.05, 0.1) is 12.3 Å². The maximum Gasteiger partial charge on any atom is 0.180 e. The van der Waals surface area contributed by atoms with Crippen LogP contribution < -0.4 is 10.1 Å². The van der Waals surface area contributed by atoms with Gasteiger partial charge in [-0.2, -0.15) is 0 Å². The number of nitrogens with one attached hydrogen (secondary N) is 1. The summed E-state index contributed by atoms with van der Waals surface area (Å²) in [6, 6.07) is 0. The van der Waals surface area contributed by atoms with Crippen LogP contribution in [0.1, 0.15) is 32.5 Å². The quantitative estimate of drug-likeness (QED) is 0.881. The standard InChI is InChI=1S/C15H21N3O/c1-11(2)19-14-10-16-12(3)18-15(14)17-9-13-7-5-4-6-8-13/h4-5,7,10-11H,6,8-9H2,1-3H3,(H,16,17,18). The normalized spacial score (nSPS) is 14.4. The fourth-order valence-electron chi connectivity index (χ4n) is 1.92. The average molecular weight is 259 g/mol. The van der Waals surface area contributed by atoms with Crippen LogP contribution in [0.4, 0.5) is 5.82 Å². The zero-order chi connectivity index (χ0) is 13.7. The number of ether oxygens (including phenoxy) is 1. The van der Waals surface area contributed by atoms with Crippen LogP contribution in [0, 0.1) is 6.92 Å². The summed E-state index contributed by atoms with van der Waals surface area (Å²) < 4.78 is 5.72. The molecule has 1 aliphatic carbocycles. The van der Waals surface area contributed by atoms with Crippen LogP contribution >= 0.6 is 0 Å². The molecule has 0 saturated carbocycles. The summed E-state index contributed by atoms with van der Waals surface area (Å²) in [4.78, 5) is 8.60. The van der Waals surface area contributed by atoms with Gasteiger partial charge >= 0.3 is 0 Å². The van der Waals surface area contributed by atoms with Crippen LogP contribution in [0.5, 0.6) is 5.75 Å². The van der Waals surface area contributed by atoms with Crippen LogP contribution in [0.15, 0.2) is 30.0 Å². The summed E-state index contributed by atoms with van der Waals surface area (Å²) in [7, 11) is 0. The van der Waals surface area contributed by atoms with Gasteiger partial charge in [0.2, 0.25) is 0 Å². The summed E-state index contributed by atoms with van der Waals surface area (Å²) in [5.41, 5.74) is 1.38. The van der Waals surface area contributed by atoms with Crippen LogP contribution in [0.25, 0.3) is 0 Å². The van der Waals surface area contributed by atoms with Crippen LogP contribution in [-0.4, -0.2) is 22.6 Å². The minimum atomic E-state index is 0.115. The van der Waals surface area contributed by atoms with Gasteiger partial charge in [0, 0.05) is 6.54 Å². The van der Waals surface area contributed by atoms with Crippen molar-refractivity contribution in [3.63, 3.8) is 0 Å². The van der Waals surface area contributed by atoms with Gasteiger partial charge in [0.25, 0.3) is 0 Å². The van der Waals surface area contributed by atoms with Crippen molar-refractivity contribution < 1.29 is 4.74 Å². The lowest BCUT2D eigenvalue weighted by atomic mass is 10.1. The number of hydrogen-bond acceptors (Lipinski definition) is 4. The molecule has 0 fully saturated rings. The molecule has 1 aromatic heterocycles. The van der Waals surface area contributed by atoms with E-state index in [0.717, 1.165) is 31.0 Å². The van der Waals surface area contributed by atoms with E-state index in [1.165, 1.54) is 5.57 Å². The molecule has 2 rings (SSSR count). The summed E-state index contributed by atoms with van der Waals surface area (Å²) in [5.74, 6) is 2.24. The second kappa shape index (κ2) is 6.36. The number of nitrogens with zero attached hydrogens (tertiary/aromatic N) is 2. The van der Waals surface area contributed by atoms with Crippen LogP contribution in [0.3, 0.4) is 0 Å². The number of hydrogen-bond donors (Lipinski definition) is 1. The van der Waals surface area contributed by atoms with E-state index in [-0.39, 0.29) is 6.10 Å². The second-order valence-corrected chi connectivity index (χ2v) is 4.94. The SMILES string of the molecule is Cc1ncc(OC(C)C)c(NCC2=CC=CCC2)n1. The lowest BCUT2D eigenvalue weighted by Gasteiger charge is -2.16. The molecule has 19 heavy (non-hydrogen) atoms. The average Bonchev–Trinajstić information content (AvgIpc) is 2.40. The first-order valence-corrected chi connectivity index (χ1v) is 6.74. The molecule has 0 amide bonds. The largest absolute Gasteiger partial charge is 0.486 e. The Hall–Kier alpha value is -1.84. The highest BCUT2D eigenvalue weighted by Crippen LogP contribution is 2.23. The Balaban J connectivity index is 2.07. The molecule has 0 unspecified atom stereocenters. The molecule has 0 aromatic carbocycles. The molecule has 0 atom stereocenters. The highest BCUT2D eigenvalue weighted by Gasteiger charge is 2.09. The Morgan fingerprint density at radius 1 is 1.42 bits per heavy atom. The number of allylic oxidation sites excluding steroid dienone is 3. The van der Waals surface area contributed by atoms with Gasteiger partial charge in [-0.05, 0) is 33.6 Å². The lowest BCUT2D eigenvalue weighted by Crippen LogP contribution is -2.13. The monoisotopic (exact) mass is 259 g/mol. The number of aromatic nitrogens is 2. The van der Waals surface area contributed by atoms with E-state index in [4.69, 9.17) is 4.74 Å². The van der Waals surface area contributed by atoms with Gasteiger partial charge in [-0.1, -0.05) is 23.8 Å². The predicted octanol–water partition coefficient (Wildman–Crippen LogP) is 3.26. The molecule has 0 spiro atoms. The summed E-state index contributed by atoms with van der Waals surface area (Å²) in [6.45, 7) is 6.68. The van der Waals surface area contributed by atoms with Gasteiger partial charge in [-0.25, -0.2) is 9.97 Å². The summed E-state index contributed by atoms with van der Waals surface area (Å²) in [5, 5.41) is 3.35. The zero-order valence-electron chi connectivity index (χ0n) is 11.8. The van der Waals surface area contributed by atoms with E-state index in [0.29, 0.717) is 5.75 Å². The molecule has 1 aromatic rings. The molecule has 0 aliphatic heterocycles. The van der Waals surface area contributed by atoms with Crippen molar-refractivity contribution in [3.8, 4) is 5.75 Å². The molecule has 0 bridgehead atoms. The minimum Gasteiger partial charge on any atom is -0.486 e. The van der Waals surface area contributed by atoms with Gasteiger partial charge in [0.1, 0.15) is 5.82 Å². The number of rotatable bonds is 5. The Morgan fingerprint density at radius 3 is 2.95 bits per heavy atom. The smallest absolute Gasteiger partial charge is 0.180 e. The maximum atomic E-state index is 5.72. The van der Waals surface area contributed by atoms with E-state index in [1.54, 1.807) is 6.20 Å². The second-order valence-electron chi connectivity index (χ2n) is 4.94. The van der Waals surface area contributed by atoms with Gasteiger partial charge < -0.3 is 10.1 Å². The van der Waals surface area contributed by atoms with Crippen LogP contribution in [-0.2, 0) is 0 Å². The van der Waals surface area contributed by atoms with E-state index < -0.39 is 0 Å². The first-order chi connectivity index (χ1) is 9.15. The molecule has 0 saturated heterocycles. The van der Waals surface area contributed by atoms with E-state index in [9.17, 15) is 0 Å². The molecule has 1 N–H and O–H groups in total. The molecule has 4 heteroatoms. The Morgan fingerprint density at radius 2 is 2.26 bits per heavy atom. The van der Waals surface area contributed by atoms with Crippen molar-refractivity contribution in [1.29, 1.82) is 0 Å². The first-order valence-electron chi connectivity index (χ1n) is 6.74. The topological polar surface area (TPSA) is 47.0 Å². The van der Waals surface area contributed by atoms with Crippen molar-refractivity contribution >= 4 is 5.82 Å². The van der Waals surface area contributed by atoms with E-state index >= 15 is 0 Å². The Bertz CT molecular complexity index is 492. The van der Waals surface area contributed by atoms with Crippen molar-refractivity contribution in [1.82, 2.24) is 9.97 Å². The fraction of sp³-hybridized carbons (Fsp3) is 0.467. The Labute approximate surface area is 114 Å². The molecule has 4 nitrogen and oxygen atoms in total. The third-order valence-corrected chi connectivity index (χ3v) is 2.82. The van der Waals surface area contributed by atoms with Crippen molar-refractivity contribution in [2.75, 3.05) is 11.9 Å². The third kappa shape index (κ3) is 4.09. The Kier molecular flexibility index (Phi) is 4.55. The van der Waals surface area contributed by atoms with Gasteiger partial charge in [-0.15, -0.1) is 0 Å². The maximum absolute atomic E-state index is 5.72. The number of anilines is 1. The summed E-state index contributed by atoms with van der Waals surface area (Å²) in [6.07, 6.45) is 10.5. The van der Waals surface area contributed by atoms with Crippen molar-refractivity contribution in [2.24, 2.45) is 0 Å². The summed E-state index contributed by atoms with van der Waals surface area (Å²) >= 11 is 0. The van der Waals surface area contributed by atoms with Gasteiger partial charge in [-0.3, -0.25) is 0 Å². The predicted molar refractivity (Wildman–Crippen MR) is 77.5 cm³/mol. The van der Waals surface area contributed by atoms with Crippen LogP contribution in [0.2, 0.25) is 0 Å². The molecule has 0 radical (unpaired) electrons. The highest BCUT2D eigenvalue weighted by atomic mass is 16.5. The first kappa shape index (κ1) is 13.6. The molecular weight excluding hydrogens is 238 g/mol. The number of aryl methyl sites for hydroxylation is 1. The van der Waals surface area contributed by atoms with E-state index in [1.807, 2.05) is 20.8 Å². The molecule has 1 heterocycles. The minimum absolute atomic E-state index is 0.115. The van der Waals surface area contributed by atoms with Crippen molar-refractivity contribution in [2.45, 2.75) is 39.7 Å². The van der Waals surface area contributed by atoms with Crippen molar-refractivity contribution in [3.05, 3.63) is 35.8 Å². The van der Waals surface area contributed by atoms with E-state index in [2.05, 4.69) is 33.5 Å². The molecule has 102 valence electrons. The van der Waals surface area contributed by atoms with Gasteiger partial charge in [0.15, 0.2) is 11.6 Å². The fourth-order valence-corrected chi connectivity index (χ4v) is 1.92. The zero-order valence-corrected chi connectivity index (χ0v) is 11.8.